The number of hydrogen-bond donors (Lipinski definition) is 0. The molecular weight excluding hydrogens is 482 g/mol. The van der Waals surface area contributed by atoms with Crippen LogP contribution in [0, 0.1) is 23.3 Å². The van der Waals surface area contributed by atoms with E-state index in [9.17, 15) is 22.0 Å². The van der Waals surface area contributed by atoms with Gasteiger partial charge < -0.3 is 4.74 Å². The minimum Gasteiger partial charge on any atom is -0.446 e. The lowest BCUT2D eigenvalue weighted by molar-refractivity contribution is 0.326. The van der Waals surface area contributed by atoms with Gasteiger partial charge in [-0.1, -0.05) is 48.6 Å². The molecule has 1 aliphatic rings. The summed E-state index contributed by atoms with van der Waals surface area (Å²) in [5, 5.41) is 0. The van der Waals surface area contributed by atoms with Crippen LogP contribution in [-0.2, 0) is 10.9 Å². The van der Waals surface area contributed by atoms with Gasteiger partial charge in [-0.25, -0.2) is 13.2 Å². The molecule has 3 aromatic carbocycles. The molecule has 0 spiro atoms. The van der Waals surface area contributed by atoms with Gasteiger partial charge in [0.1, 0.15) is 10.9 Å². The molecule has 0 atom stereocenters. The Labute approximate surface area is 193 Å². The number of ether oxygens (including phenoxy) is 1. The maximum Gasteiger partial charge on any atom is 0.250 e. The van der Waals surface area contributed by atoms with Gasteiger partial charge in [0.2, 0.25) is 34.8 Å². The molecular formula is C24H13F6OS2+. The minimum atomic E-state index is -2.13. The summed E-state index contributed by atoms with van der Waals surface area (Å²) in [7, 11) is -1.53. The second kappa shape index (κ2) is 9.44. The third kappa shape index (κ3) is 4.30. The van der Waals surface area contributed by atoms with Crippen molar-refractivity contribution < 1.29 is 31.1 Å². The second-order valence-corrected chi connectivity index (χ2v) is 9.23. The lowest BCUT2D eigenvalue weighted by Gasteiger charge is -2.18. The summed E-state index contributed by atoms with van der Waals surface area (Å²) in [6, 6.07) is 16.3. The van der Waals surface area contributed by atoms with E-state index in [-0.39, 0.29) is 11.3 Å². The van der Waals surface area contributed by atoms with Crippen molar-refractivity contribution in [1.29, 1.82) is 0 Å². The first-order chi connectivity index (χ1) is 15.8. The van der Waals surface area contributed by atoms with Crippen LogP contribution in [0.15, 0.2) is 98.8 Å². The number of allylic oxidation sites excluding steroid dienone is 3. The molecule has 0 fully saturated rings. The molecule has 0 saturated heterocycles. The van der Waals surface area contributed by atoms with Gasteiger partial charge in [-0.05, 0) is 30.3 Å². The van der Waals surface area contributed by atoms with Crippen LogP contribution in [0.4, 0.5) is 26.3 Å². The van der Waals surface area contributed by atoms with Crippen LogP contribution >= 0.6 is 12.2 Å². The predicted octanol–water partition coefficient (Wildman–Crippen LogP) is 7.53. The average Bonchev–Trinajstić information content (AvgIpc) is 2.84. The molecule has 1 nitrogen and oxygen atoms in total. The van der Waals surface area contributed by atoms with E-state index in [1.807, 2.05) is 0 Å². The molecule has 0 N–H and O–H groups in total. The fourth-order valence-electron chi connectivity index (χ4n) is 3.14. The third-order valence-corrected chi connectivity index (χ3v) is 7.29. The van der Waals surface area contributed by atoms with E-state index in [1.54, 1.807) is 60.7 Å². The maximum atomic E-state index is 15.2. The summed E-state index contributed by atoms with van der Waals surface area (Å²) >= 11 is 4.69. The summed E-state index contributed by atoms with van der Waals surface area (Å²) in [4.78, 5) is -0.158. The zero-order valence-electron chi connectivity index (χ0n) is 16.6. The predicted molar refractivity (Wildman–Crippen MR) is 116 cm³/mol. The minimum absolute atomic E-state index is 0.240. The molecule has 0 radical (unpaired) electrons. The Hall–Kier alpha value is -3.04. The van der Waals surface area contributed by atoms with Crippen molar-refractivity contribution in [3.05, 3.63) is 107 Å². The van der Waals surface area contributed by atoms with Gasteiger partial charge in [-0.2, -0.15) is 13.2 Å². The molecule has 0 bridgehead atoms. The zero-order valence-corrected chi connectivity index (χ0v) is 18.2. The molecule has 3 aromatic rings. The van der Waals surface area contributed by atoms with E-state index in [0.717, 1.165) is 6.08 Å². The Kier molecular flexibility index (Phi) is 6.62. The van der Waals surface area contributed by atoms with Crippen molar-refractivity contribution >= 4 is 28.0 Å². The molecule has 0 heterocycles. The van der Waals surface area contributed by atoms with Crippen molar-refractivity contribution in [3.63, 3.8) is 0 Å². The number of thiocarbonyl (C=S) groups is 1. The van der Waals surface area contributed by atoms with Gasteiger partial charge >= 0.3 is 0 Å². The highest BCUT2D eigenvalue weighted by Crippen LogP contribution is 2.43. The second-order valence-electron chi connectivity index (χ2n) is 6.77. The first kappa shape index (κ1) is 23.1. The largest absolute Gasteiger partial charge is 0.446 e. The smallest absolute Gasteiger partial charge is 0.250 e. The van der Waals surface area contributed by atoms with E-state index in [0.29, 0.717) is 9.79 Å². The topological polar surface area (TPSA) is 9.23 Å². The molecule has 9 heteroatoms. The molecule has 0 aliphatic heterocycles. The monoisotopic (exact) mass is 495 g/mol. The number of rotatable bonds is 5. The molecule has 168 valence electrons. The van der Waals surface area contributed by atoms with E-state index in [1.165, 1.54) is 0 Å². The van der Waals surface area contributed by atoms with Gasteiger partial charge in [0.25, 0.3) is 4.90 Å². The highest BCUT2D eigenvalue weighted by molar-refractivity contribution is 7.97. The van der Waals surface area contributed by atoms with Crippen molar-refractivity contribution in [2.75, 3.05) is 0 Å². The Balaban J connectivity index is 1.98. The van der Waals surface area contributed by atoms with Gasteiger partial charge in [-0.15, -0.1) is 0 Å². The summed E-state index contributed by atoms with van der Waals surface area (Å²) in [6.07, 6.45) is 0.780. The molecule has 1 aliphatic carbocycles. The van der Waals surface area contributed by atoms with E-state index in [4.69, 9.17) is 4.74 Å². The lowest BCUT2D eigenvalue weighted by Crippen LogP contribution is -2.16. The Bertz CT molecular complexity index is 1250. The summed E-state index contributed by atoms with van der Waals surface area (Å²) in [6.45, 7) is 0. The zero-order chi connectivity index (χ0) is 23.7. The maximum absolute atomic E-state index is 15.2. The molecule has 4 rings (SSSR count). The van der Waals surface area contributed by atoms with Crippen LogP contribution in [0.2, 0.25) is 0 Å². The SMILES string of the molecule is FC1=C(F)C(Oc2c(F)c(F)c(F)c(F)c2[S+](c2ccccc2)c2ccccc2)=CCC1=S. The highest BCUT2D eigenvalue weighted by atomic mass is 32.2. The Morgan fingerprint density at radius 3 is 1.73 bits per heavy atom. The van der Waals surface area contributed by atoms with E-state index < -0.39 is 62.2 Å². The van der Waals surface area contributed by atoms with Crippen LogP contribution < -0.4 is 4.74 Å². The van der Waals surface area contributed by atoms with E-state index in [2.05, 4.69) is 12.2 Å². The van der Waals surface area contributed by atoms with Gasteiger partial charge in [0.15, 0.2) is 21.4 Å². The van der Waals surface area contributed by atoms with Crippen LogP contribution in [0.3, 0.4) is 0 Å². The third-order valence-electron chi connectivity index (χ3n) is 4.68. The van der Waals surface area contributed by atoms with Crippen molar-refractivity contribution in [2.45, 2.75) is 21.1 Å². The standard InChI is InChI=1S/C24H13F6OS2/c25-17-15(11-12-16(32)18(17)26)31-23-21(29)19(27)20(28)22(30)24(23)33(13-7-3-1-4-8-13)14-9-5-2-6-10-14/h1-11H,12H2/q+1. The van der Waals surface area contributed by atoms with Crippen molar-refractivity contribution in [3.8, 4) is 5.75 Å². The first-order valence-electron chi connectivity index (χ1n) is 9.48. The quantitative estimate of drug-likeness (QED) is 0.119. The van der Waals surface area contributed by atoms with Crippen molar-refractivity contribution in [2.24, 2.45) is 0 Å². The molecule has 0 amide bonds. The van der Waals surface area contributed by atoms with Crippen LogP contribution in [0.5, 0.6) is 5.75 Å². The average molecular weight is 495 g/mol. The normalized spacial score (nSPS) is 14.0. The fourth-order valence-corrected chi connectivity index (χ4v) is 5.50. The molecule has 0 saturated carbocycles. The van der Waals surface area contributed by atoms with Crippen LogP contribution in [-0.4, -0.2) is 4.86 Å². The Morgan fingerprint density at radius 1 is 0.667 bits per heavy atom. The Morgan fingerprint density at radius 2 is 1.18 bits per heavy atom. The van der Waals surface area contributed by atoms with Crippen LogP contribution in [0.1, 0.15) is 6.42 Å². The lowest BCUT2D eigenvalue weighted by atomic mass is 10.1. The summed E-state index contributed by atoms with van der Waals surface area (Å²) < 4.78 is 92.4. The molecule has 0 unspecified atom stereocenters. The highest BCUT2D eigenvalue weighted by Gasteiger charge is 2.42. The number of hydrogen-bond acceptors (Lipinski definition) is 2. The number of halogens is 6. The van der Waals surface area contributed by atoms with E-state index >= 15 is 4.39 Å². The van der Waals surface area contributed by atoms with Gasteiger partial charge in [0, 0.05) is 6.42 Å². The fraction of sp³-hybridized carbons (Fsp3) is 0.0417. The molecule has 33 heavy (non-hydrogen) atoms. The number of benzene rings is 3. The molecule has 0 aromatic heterocycles. The van der Waals surface area contributed by atoms with Gasteiger partial charge in [-0.3, -0.25) is 0 Å². The van der Waals surface area contributed by atoms with Crippen LogP contribution in [0.25, 0.3) is 0 Å². The van der Waals surface area contributed by atoms with Crippen molar-refractivity contribution in [1.82, 2.24) is 0 Å². The van der Waals surface area contributed by atoms with Gasteiger partial charge in [0.05, 0.1) is 4.86 Å². The summed E-state index contributed by atoms with van der Waals surface area (Å²) in [5.41, 5.74) is 0. The summed E-state index contributed by atoms with van der Waals surface area (Å²) in [5.74, 6) is -12.6. The first-order valence-corrected chi connectivity index (χ1v) is 11.1.